The Kier molecular flexibility index (Phi) is 3.81. The highest BCUT2D eigenvalue weighted by Gasteiger charge is 2.41. The minimum Gasteiger partial charge on any atom is -0.381 e. The molecule has 8 heteroatoms. The van der Waals surface area contributed by atoms with Crippen LogP contribution in [0.15, 0.2) is 48.9 Å². The van der Waals surface area contributed by atoms with Crippen molar-refractivity contribution in [1.29, 1.82) is 0 Å². The summed E-state index contributed by atoms with van der Waals surface area (Å²) in [5, 5.41) is 25.1. The van der Waals surface area contributed by atoms with Crippen LogP contribution in [-0.4, -0.2) is 54.2 Å². The van der Waals surface area contributed by atoms with Crippen LogP contribution in [0.25, 0.3) is 0 Å². The highest BCUT2D eigenvalue weighted by Crippen LogP contribution is 2.30. The summed E-state index contributed by atoms with van der Waals surface area (Å²) in [6, 6.07) is 9.94. The molecule has 4 rings (SSSR count). The number of hydrogen-bond acceptors (Lipinski definition) is 5. The van der Waals surface area contributed by atoms with Crippen LogP contribution in [0.5, 0.6) is 0 Å². The second kappa shape index (κ2) is 6.14. The molecule has 128 valence electrons. The molecule has 0 spiro atoms. The average molecular weight is 338 g/mol. The predicted molar refractivity (Wildman–Crippen MR) is 88.6 cm³/mol. The van der Waals surface area contributed by atoms with Crippen molar-refractivity contribution in [1.82, 2.24) is 30.1 Å². The van der Waals surface area contributed by atoms with Crippen LogP contribution in [0.4, 0.5) is 0 Å². The van der Waals surface area contributed by atoms with Crippen LogP contribution >= 0.6 is 0 Å². The monoisotopic (exact) mass is 338 g/mol. The fourth-order valence-electron chi connectivity index (χ4n) is 3.12. The third kappa shape index (κ3) is 3.03. The molecule has 1 aliphatic heterocycles. The van der Waals surface area contributed by atoms with Crippen molar-refractivity contribution in [3.63, 3.8) is 0 Å². The summed E-state index contributed by atoms with van der Waals surface area (Å²) in [5.74, 6) is -0.140. The molecule has 3 heterocycles. The molecule has 2 aromatic heterocycles. The Morgan fingerprint density at radius 1 is 1.28 bits per heavy atom. The lowest BCUT2D eigenvalue weighted by Gasteiger charge is -2.20. The van der Waals surface area contributed by atoms with Crippen molar-refractivity contribution < 1.29 is 9.90 Å². The van der Waals surface area contributed by atoms with Crippen LogP contribution in [0.1, 0.15) is 28.0 Å². The number of aromatic nitrogens is 5. The molecule has 0 radical (unpaired) electrons. The highest BCUT2D eigenvalue weighted by molar-refractivity contribution is 5.94. The molecular formula is C17H18N6O2. The molecule has 8 nitrogen and oxygen atoms in total. The number of aromatic amines is 1. The first-order valence-corrected chi connectivity index (χ1v) is 8.08. The van der Waals surface area contributed by atoms with Crippen LogP contribution in [0.2, 0.25) is 0 Å². The Labute approximate surface area is 144 Å². The van der Waals surface area contributed by atoms with E-state index in [1.165, 1.54) is 6.20 Å². The van der Waals surface area contributed by atoms with Crippen molar-refractivity contribution in [3.8, 4) is 0 Å². The first kappa shape index (κ1) is 15.5. The van der Waals surface area contributed by atoms with E-state index >= 15 is 0 Å². The number of rotatable bonds is 4. The maximum absolute atomic E-state index is 12.7. The van der Waals surface area contributed by atoms with E-state index in [-0.39, 0.29) is 12.5 Å². The lowest BCUT2D eigenvalue weighted by molar-refractivity contribution is 0.0382. The van der Waals surface area contributed by atoms with E-state index in [1.54, 1.807) is 22.0 Å². The number of nitrogens with zero attached hydrogens (tertiary/aromatic N) is 5. The Bertz CT molecular complexity index is 860. The largest absolute Gasteiger partial charge is 0.381 e. The standard InChI is InChI=1S/C17H18N6O2/c24-16(22-7-6-17(25,12-22)15-9-18-21-20-15)14-8-19-23(11-14)10-13-4-2-1-3-5-13/h1-5,8-9,11,25H,6-7,10,12H2,(H,18,20,21). The first-order chi connectivity index (χ1) is 12.1. The smallest absolute Gasteiger partial charge is 0.257 e. The summed E-state index contributed by atoms with van der Waals surface area (Å²) in [7, 11) is 0. The molecule has 1 unspecified atom stereocenters. The number of aliphatic hydroxyl groups is 1. The Morgan fingerprint density at radius 2 is 2.12 bits per heavy atom. The van der Waals surface area contributed by atoms with Gasteiger partial charge in [0.25, 0.3) is 5.91 Å². The fourth-order valence-corrected chi connectivity index (χ4v) is 3.12. The quantitative estimate of drug-likeness (QED) is 0.732. The summed E-state index contributed by atoms with van der Waals surface area (Å²) in [4.78, 5) is 14.3. The third-order valence-electron chi connectivity index (χ3n) is 4.49. The number of nitrogens with one attached hydrogen (secondary N) is 1. The zero-order valence-electron chi connectivity index (χ0n) is 13.5. The summed E-state index contributed by atoms with van der Waals surface area (Å²) < 4.78 is 1.74. The van der Waals surface area contributed by atoms with Gasteiger partial charge in [-0.05, 0) is 5.56 Å². The summed E-state index contributed by atoms with van der Waals surface area (Å²) in [5.41, 5.74) is 0.942. The molecule has 1 aliphatic rings. The minimum absolute atomic E-state index is 0.140. The number of benzene rings is 1. The van der Waals surface area contributed by atoms with Gasteiger partial charge in [-0.25, -0.2) is 0 Å². The van der Waals surface area contributed by atoms with E-state index in [1.807, 2.05) is 30.3 Å². The van der Waals surface area contributed by atoms with E-state index in [9.17, 15) is 9.90 Å². The SMILES string of the molecule is O=C(c1cnn(Cc2ccccc2)c1)N1CCC(O)(c2cn[nH]n2)C1. The topological polar surface area (TPSA) is 99.9 Å². The number of hydrogen-bond donors (Lipinski definition) is 2. The number of carbonyl (C=O) groups is 1. The van der Waals surface area contributed by atoms with Gasteiger partial charge in [0, 0.05) is 19.2 Å². The van der Waals surface area contributed by atoms with Gasteiger partial charge < -0.3 is 10.0 Å². The van der Waals surface area contributed by atoms with E-state index < -0.39 is 5.60 Å². The second-order valence-corrected chi connectivity index (χ2v) is 6.28. The minimum atomic E-state index is -1.15. The molecule has 2 N–H and O–H groups in total. The molecule has 0 aliphatic carbocycles. The molecule has 0 saturated carbocycles. The predicted octanol–water partition coefficient (Wildman–Crippen LogP) is 0.783. The second-order valence-electron chi connectivity index (χ2n) is 6.28. The molecule has 25 heavy (non-hydrogen) atoms. The van der Waals surface area contributed by atoms with E-state index in [2.05, 4.69) is 20.5 Å². The van der Waals surface area contributed by atoms with Gasteiger partial charge in [0.05, 0.1) is 31.0 Å². The highest BCUT2D eigenvalue weighted by atomic mass is 16.3. The van der Waals surface area contributed by atoms with Gasteiger partial charge in [0.1, 0.15) is 11.3 Å². The fraction of sp³-hybridized carbons (Fsp3) is 0.294. The number of amides is 1. The zero-order chi connectivity index (χ0) is 17.3. The molecular weight excluding hydrogens is 320 g/mol. The molecule has 1 aromatic carbocycles. The summed E-state index contributed by atoms with van der Waals surface area (Å²) in [6.07, 6.45) is 5.23. The van der Waals surface area contributed by atoms with Gasteiger partial charge in [-0.1, -0.05) is 30.3 Å². The number of H-pyrrole nitrogens is 1. The van der Waals surface area contributed by atoms with E-state index in [4.69, 9.17) is 0 Å². The van der Waals surface area contributed by atoms with Crippen LogP contribution < -0.4 is 0 Å². The molecule has 1 saturated heterocycles. The lowest BCUT2D eigenvalue weighted by Crippen LogP contribution is -2.34. The van der Waals surface area contributed by atoms with E-state index in [0.717, 1.165) is 5.56 Å². The van der Waals surface area contributed by atoms with Crippen LogP contribution in [0.3, 0.4) is 0 Å². The van der Waals surface area contributed by atoms with Crippen molar-refractivity contribution in [2.45, 2.75) is 18.6 Å². The Morgan fingerprint density at radius 3 is 2.88 bits per heavy atom. The van der Waals surface area contributed by atoms with Crippen LogP contribution in [-0.2, 0) is 12.1 Å². The Hall–Kier alpha value is -3.00. The maximum atomic E-state index is 12.7. The number of carbonyl (C=O) groups excluding carboxylic acids is 1. The van der Waals surface area contributed by atoms with E-state index in [0.29, 0.717) is 30.8 Å². The van der Waals surface area contributed by atoms with Gasteiger partial charge in [0.15, 0.2) is 0 Å². The lowest BCUT2D eigenvalue weighted by atomic mass is 10.00. The molecule has 1 fully saturated rings. The number of β-amino-alcohol motifs (C(OH)–C–C–N with tert-alkyl or cyclic N) is 1. The molecule has 0 bridgehead atoms. The van der Waals surface area contributed by atoms with Crippen molar-refractivity contribution in [2.75, 3.05) is 13.1 Å². The molecule has 1 atom stereocenters. The molecule has 1 amide bonds. The van der Waals surface area contributed by atoms with Gasteiger partial charge in [-0.2, -0.15) is 20.5 Å². The summed E-state index contributed by atoms with van der Waals surface area (Å²) >= 11 is 0. The van der Waals surface area contributed by atoms with Crippen molar-refractivity contribution in [2.24, 2.45) is 0 Å². The normalized spacial score (nSPS) is 20.1. The first-order valence-electron chi connectivity index (χ1n) is 8.08. The third-order valence-corrected chi connectivity index (χ3v) is 4.49. The van der Waals surface area contributed by atoms with Crippen LogP contribution in [0, 0.1) is 0 Å². The van der Waals surface area contributed by atoms with Gasteiger partial charge in [-0.15, -0.1) is 0 Å². The van der Waals surface area contributed by atoms with Crippen molar-refractivity contribution in [3.05, 3.63) is 65.7 Å². The summed E-state index contributed by atoms with van der Waals surface area (Å²) in [6.45, 7) is 1.27. The zero-order valence-corrected chi connectivity index (χ0v) is 13.5. The Balaban J connectivity index is 1.45. The van der Waals surface area contributed by atoms with Gasteiger partial charge >= 0.3 is 0 Å². The van der Waals surface area contributed by atoms with Gasteiger partial charge in [0.2, 0.25) is 0 Å². The number of likely N-dealkylation sites (tertiary alicyclic amines) is 1. The van der Waals surface area contributed by atoms with Gasteiger partial charge in [-0.3, -0.25) is 9.48 Å². The molecule has 3 aromatic rings. The maximum Gasteiger partial charge on any atom is 0.257 e. The average Bonchev–Trinajstić information content (AvgIpc) is 3.36. The van der Waals surface area contributed by atoms with Crippen molar-refractivity contribution >= 4 is 5.91 Å².